The lowest BCUT2D eigenvalue weighted by molar-refractivity contribution is -0.140. The van der Waals surface area contributed by atoms with Crippen molar-refractivity contribution in [3.05, 3.63) is 83.9 Å². The van der Waals surface area contributed by atoms with Crippen LogP contribution in [0.25, 0.3) is 0 Å². The van der Waals surface area contributed by atoms with Crippen LogP contribution in [0.1, 0.15) is 30.9 Å². The van der Waals surface area contributed by atoms with Crippen LogP contribution in [0.3, 0.4) is 0 Å². The highest BCUT2D eigenvalue weighted by Gasteiger charge is 2.33. The van der Waals surface area contributed by atoms with E-state index in [1.807, 2.05) is 43.3 Å². The largest absolute Gasteiger partial charge is 0.497 e. The molecule has 4 rings (SSSR count). The molecule has 2 amide bonds. The van der Waals surface area contributed by atoms with E-state index < -0.39 is 28.5 Å². The molecule has 1 aliphatic heterocycles. The van der Waals surface area contributed by atoms with Gasteiger partial charge in [0, 0.05) is 25.6 Å². The Morgan fingerprint density at radius 2 is 1.71 bits per heavy atom. The zero-order chi connectivity index (χ0) is 30.1. The molecular formula is C31H37N3O7S. The van der Waals surface area contributed by atoms with E-state index in [0.29, 0.717) is 23.8 Å². The highest BCUT2D eigenvalue weighted by Crippen LogP contribution is 2.36. The highest BCUT2D eigenvalue weighted by atomic mass is 32.2. The first-order valence-corrected chi connectivity index (χ1v) is 15.7. The highest BCUT2D eigenvalue weighted by molar-refractivity contribution is 7.92. The third-order valence-electron chi connectivity index (χ3n) is 6.91. The Morgan fingerprint density at radius 3 is 2.43 bits per heavy atom. The van der Waals surface area contributed by atoms with Gasteiger partial charge in [-0.3, -0.25) is 13.9 Å². The van der Waals surface area contributed by atoms with Crippen LogP contribution in [0.2, 0.25) is 0 Å². The van der Waals surface area contributed by atoms with E-state index in [9.17, 15) is 18.0 Å². The maximum absolute atomic E-state index is 14.2. The van der Waals surface area contributed by atoms with Gasteiger partial charge in [0.25, 0.3) is 0 Å². The summed E-state index contributed by atoms with van der Waals surface area (Å²) < 4.78 is 43.2. The smallest absolute Gasteiger partial charge is 0.244 e. The average Bonchev–Trinajstić information content (AvgIpc) is 3.46. The van der Waals surface area contributed by atoms with E-state index in [-0.39, 0.29) is 31.4 Å². The maximum Gasteiger partial charge on any atom is 0.244 e. The van der Waals surface area contributed by atoms with Crippen molar-refractivity contribution < 1.29 is 32.2 Å². The third kappa shape index (κ3) is 7.94. The van der Waals surface area contributed by atoms with Crippen LogP contribution in [0, 0.1) is 0 Å². The summed E-state index contributed by atoms with van der Waals surface area (Å²) in [6.45, 7) is 2.07. The second kappa shape index (κ2) is 14.1. The number of nitrogens with zero attached hydrogens (tertiary/aromatic N) is 2. The molecule has 0 spiro atoms. The van der Waals surface area contributed by atoms with Crippen LogP contribution in [0.4, 0.5) is 5.69 Å². The van der Waals surface area contributed by atoms with E-state index in [1.54, 1.807) is 37.4 Å². The van der Waals surface area contributed by atoms with Crippen LogP contribution in [0.15, 0.2) is 72.8 Å². The number of benzene rings is 3. The minimum Gasteiger partial charge on any atom is -0.497 e. The fraction of sp³-hybridized carbons (Fsp3) is 0.355. The number of amides is 2. The minimum absolute atomic E-state index is 0.0270. The van der Waals surface area contributed by atoms with Crippen molar-refractivity contribution in [2.75, 3.05) is 37.6 Å². The Bertz CT molecular complexity index is 1480. The van der Waals surface area contributed by atoms with E-state index in [4.69, 9.17) is 14.2 Å². The zero-order valence-electron chi connectivity index (χ0n) is 24.1. The van der Waals surface area contributed by atoms with Gasteiger partial charge in [-0.1, -0.05) is 55.8 Å². The van der Waals surface area contributed by atoms with Gasteiger partial charge in [0.15, 0.2) is 11.5 Å². The van der Waals surface area contributed by atoms with Crippen molar-refractivity contribution in [1.29, 1.82) is 0 Å². The zero-order valence-corrected chi connectivity index (χ0v) is 24.9. The van der Waals surface area contributed by atoms with Crippen molar-refractivity contribution >= 4 is 27.5 Å². The van der Waals surface area contributed by atoms with E-state index in [2.05, 4.69) is 5.32 Å². The molecule has 0 aromatic heterocycles. The lowest BCUT2D eigenvalue weighted by atomic mass is 10.0. The fourth-order valence-electron chi connectivity index (χ4n) is 4.68. The van der Waals surface area contributed by atoms with Gasteiger partial charge in [-0.25, -0.2) is 8.42 Å². The molecule has 1 atom stereocenters. The topological polar surface area (TPSA) is 114 Å². The van der Waals surface area contributed by atoms with Gasteiger partial charge in [-0.05, 0) is 41.8 Å². The number of unbranched alkanes of at least 4 members (excludes halogenated alkanes) is 1. The summed E-state index contributed by atoms with van der Waals surface area (Å²) in [7, 11) is -2.35. The van der Waals surface area contributed by atoms with Gasteiger partial charge < -0.3 is 24.4 Å². The molecule has 0 saturated heterocycles. The van der Waals surface area contributed by atoms with Crippen molar-refractivity contribution in [1.82, 2.24) is 10.2 Å². The number of nitrogens with one attached hydrogen (secondary N) is 1. The Kier molecular flexibility index (Phi) is 10.3. The predicted octanol–water partition coefficient (Wildman–Crippen LogP) is 3.75. The molecular weight excluding hydrogens is 558 g/mol. The summed E-state index contributed by atoms with van der Waals surface area (Å²) in [6.07, 6.45) is 2.97. The number of rotatable bonds is 14. The molecule has 0 bridgehead atoms. The van der Waals surface area contributed by atoms with Gasteiger partial charge >= 0.3 is 0 Å². The first-order chi connectivity index (χ1) is 20.2. The van der Waals surface area contributed by atoms with Crippen molar-refractivity contribution in [2.24, 2.45) is 0 Å². The molecule has 0 aliphatic carbocycles. The fourth-order valence-corrected chi connectivity index (χ4v) is 5.52. The third-order valence-corrected chi connectivity index (χ3v) is 8.05. The quantitative estimate of drug-likeness (QED) is 0.283. The summed E-state index contributed by atoms with van der Waals surface area (Å²) in [5.74, 6) is 0.638. The monoisotopic (exact) mass is 595 g/mol. The molecule has 3 aromatic carbocycles. The number of ether oxygens (including phenoxy) is 3. The number of methoxy groups -OCH3 is 1. The second-order valence-corrected chi connectivity index (χ2v) is 11.9. The van der Waals surface area contributed by atoms with Gasteiger partial charge in [0.1, 0.15) is 18.3 Å². The first-order valence-electron chi connectivity index (χ1n) is 13.8. The van der Waals surface area contributed by atoms with Gasteiger partial charge in [0.05, 0.1) is 19.1 Å². The number of carbonyl (C=O) groups excluding carboxylic acids is 2. The van der Waals surface area contributed by atoms with Gasteiger partial charge in [0.2, 0.25) is 28.6 Å². The predicted molar refractivity (Wildman–Crippen MR) is 160 cm³/mol. The second-order valence-electron chi connectivity index (χ2n) is 10.0. The SMILES string of the molecule is CCCCNC(=O)[C@@H](Cc1ccccc1)N(Cc1cccc(OC)c1)C(=O)CN(c1ccc2c(c1)OCO2)S(C)(=O)=O. The molecule has 42 heavy (non-hydrogen) atoms. The van der Waals surface area contributed by atoms with Crippen LogP contribution in [0.5, 0.6) is 17.2 Å². The Morgan fingerprint density at radius 1 is 0.976 bits per heavy atom. The molecule has 3 aromatic rings. The molecule has 0 radical (unpaired) electrons. The summed E-state index contributed by atoms with van der Waals surface area (Å²) in [5.41, 5.74) is 1.85. The van der Waals surface area contributed by atoms with Crippen molar-refractivity contribution in [3.8, 4) is 17.2 Å². The van der Waals surface area contributed by atoms with Crippen LogP contribution in [-0.2, 0) is 32.6 Å². The molecule has 1 aliphatic rings. The van der Waals surface area contributed by atoms with E-state index in [0.717, 1.165) is 34.5 Å². The van der Waals surface area contributed by atoms with Crippen LogP contribution < -0.4 is 23.8 Å². The lowest BCUT2D eigenvalue weighted by Crippen LogP contribution is -2.53. The molecule has 1 N–H and O–H groups in total. The van der Waals surface area contributed by atoms with E-state index >= 15 is 0 Å². The van der Waals surface area contributed by atoms with Crippen molar-refractivity contribution in [2.45, 2.75) is 38.8 Å². The number of fused-ring (bicyclic) bond motifs is 1. The summed E-state index contributed by atoms with van der Waals surface area (Å²) in [5, 5.41) is 2.97. The standard InChI is InChI=1S/C31H37N3O7S/c1-4-5-16-32-31(36)27(18-23-10-7-6-8-11-23)33(20-24-12-9-13-26(17-24)39-2)30(35)21-34(42(3,37)38)25-14-15-28-29(19-25)41-22-40-28/h6-15,17,19,27H,4-5,16,18,20-22H2,1-3H3,(H,32,36)/t27-/m1/s1. The Hall–Kier alpha value is -4.25. The molecule has 0 unspecified atom stereocenters. The summed E-state index contributed by atoms with van der Waals surface area (Å²) in [4.78, 5) is 29.3. The summed E-state index contributed by atoms with van der Waals surface area (Å²) >= 11 is 0. The van der Waals surface area contributed by atoms with Crippen molar-refractivity contribution in [3.63, 3.8) is 0 Å². The lowest BCUT2D eigenvalue weighted by Gasteiger charge is -2.33. The molecule has 11 heteroatoms. The van der Waals surface area contributed by atoms with Gasteiger partial charge in [-0.15, -0.1) is 0 Å². The number of carbonyl (C=O) groups is 2. The molecule has 0 saturated carbocycles. The Labute approximate surface area is 247 Å². The normalized spacial score (nSPS) is 12.8. The summed E-state index contributed by atoms with van der Waals surface area (Å²) in [6, 6.07) is 20.5. The number of hydrogen-bond donors (Lipinski definition) is 1. The maximum atomic E-state index is 14.2. The molecule has 1 heterocycles. The Balaban J connectivity index is 1.72. The molecule has 10 nitrogen and oxygen atoms in total. The van der Waals surface area contributed by atoms with E-state index in [1.165, 1.54) is 11.0 Å². The number of sulfonamides is 1. The minimum atomic E-state index is -3.90. The van der Waals surface area contributed by atoms with Crippen LogP contribution >= 0.6 is 0 Å². The average molecular weight is 596 g/mol. The molecule has 0 fully saturated rings. The van der Waals surface area contributed by atoms with Gasteiger partial charge in [-0.2, -0.15) is 0 Å². The number of anilines is 1. The molecule has 224 valence electrons. The first kappa shape index (κ1) is 30.7. The van der Waals surface area contributed by atoms with Crippen LogP contribution in [-0.4, -0.2) is 64.4 Å². The number of hydrogen-bond acceptors (Lipinski definition) is 7.